The first-order valence-electron chi connectivity index (χ1n) is 6.08. The van der Waals surface area contributed by atoms with E-state index < -0.39 is 11.8 Å². The van der Waals surface area contributed by atoms with Gasteiger partial charge >= 0.3 is 0 Å². The molecule has 0 saturated carbocycles. The van der Waals surface area contributed by atoms with Crippen LogP contribution in [0.3, 0.4) is 0 Å². The first-order chi connectivity index (χ1) is 9.97. The summed E-state index contributed by atoms with van der Waals surface area (Å²) in [5.74, 6) is -0.529. The van der Waals surface area contributed by atoms with Crippen LogP contribution in [0.2, 0.25) is 5.02 Å². The number of hydrogen-bond donors (Lipinski definition) is 3. The minimum absolute atomic E-state index is 0.107. The minimum atomic E-state index is -0.484. The Hall–Kier alpha value is -2.47. The molecule has 0 bridgehead atoms. The lowest BCUT2D eigenvalue weighted by Crippen LogP contribution is -2.32. The van der Waals surface area contributed by atoms with Crippen molar-refractivity contribution in [2.24, 2.45) is 0 Å². The average Bonchev–Trinajstić information content (AvgIpc) is 2.86. The molecule has 1 heterocycles. The lowest BCUT2D eigenvalue weighted by Gasteiger charge is -2.08. The summed E-state index contributed by atoms with van der Waals surface area (Å²) in [6.45, 7) is 1.41. The van der Waals surface area contributed by atoms with E-state index in [0.717, 1.165) is 0 Å². The monoisotopic (exact) mass is 308 g/mol. The fourth-order valence-corrected chi connectivity index (χ4v) is 1.85. The number of aryl methyl sites for hydroxylation is 1. The highest BCUT2D eigenvalue weighted by atomic mass is 35.5. The summed E-state index contributed by atoms with van der Waals surface area (Å²) >= 11 is 5.77. The Labute approximate surface area is 125 Å². The van der Waals surface area contributed by atoms with Gasteiger partial charge in [0.2, 0.25) is 5.91 Å². The number of nitrogens with one attached hydrogen (secondary N) is 2. The second-order valence-corrected chi connectivity index (χ2v) is 4.72. The van der Waals surface area contributed by atoms with Gasteiger partial charge < -0.3 is 20.2 Å². The van der Waals surface area contributed by atoms with Crippen LogP contribution in [0.25, 0.3) is 0 Å². The average molecular weight is 309 g/mol. The van der Waals surface area contributed by atoms with E-state index in [9.17, 15) is 14.7 Å². The van der Waals surface area contributed by atoms with E-state index in [1.54, 1.807) is 6.92 Å². The second kappa shape index (κ2) is 6.32. The first kappa shape index (κ1) is 14.9. The highest BCUT2D eigenvalue weighted by molar-refractivity contribution is 6.31. The summed E-state index contributed by atoms with van der Waals surface area (Å²) in [4.78, 5) is 23.5. The number of benzene rings is 1. The van der Waals surface area contributed by atoms with Crippen molar-refractivity contribution in [3.8, 4) is 5.75 Å². The molecule has 2 aromatic rings. The third-order valence-corrected chi connectivity index (χ3v) is 2.98. The molecule has 3 N–H and O–H groups in total. The summed E-state index contributed by atoms with van der Waals surface area (Å²) in [6.07, 6.45) is 1.40. The lowest BCUT2D eigenvalue weighted by atomic mass is 10.2. The van der Waals surface area contributed by atoms with Crippen molar-refractivity contribution in [2.75, 3.05) is 11.9 Å². The third-order valence-electron chi connectivity index (χ3n) is 2.75. The fraction of sp³-hybridized carbons (Fsp3) is 0.143. The zero-order valence-electron chi connectivity index (χ0n) is 11.1. The van der Waals surface area contributed by atoms with Gasteiger partial charge in [0.15, 0.2) is 0 Å². The molecule has 0 fully saturated rings. The summed E-state index contributed by atoms with van der Waals surface area (Å²) < 4.78 is 5.01. The number of aromatic hydroxyl groups is 1. The van der Waals surface area contributed by atoms with Crippen molar-refractivity contribution in [2.45, 2.75) is 6.92 Å². The quantitative estimate of drug-likeness (QED) is 0.756. The molecule has 0 atom stereocenters. The number of carbonyl (C=O) groups is 2. The van der Waals surface area contributed by atoms with Crippen LogP contribution >= 0.6 is 11.6 Å². The van der Waals surface area contributed by atoms with Crippen LogP contribution in [-0.2, 0) is 4.79 Å². The molecule has 0 saturated heterocycles. The predicted molar refractivity (Wildman–Crippen MR) is 77.5 cm³/mol. The summed E-state index contributed by atoms with van der Waals surface area (Å²) in [5.41, 5.74) is 0.551. The highest BCUT2D eigenvalue weighted by Gasteiger charge is 2.13. The van der Waals surface area contributed by atoms with Crippen LogP contribution in [0.4, 0.5) is 5.69 Å². The zero-order chi connectivity index (χ0) is 15.4. The molecule has 0 aliphatic carbocycles. The van der Waals surface area contributed by atoms with Crippen LogP contribution in [-0.4, -0.2) is 23.5 Å². The van der Waals surface area contributed by atoms with Crippen LogP contribution in [0.5, 0.6) is 5.75 Å². The molecule has 0 aliphatic rings. The third kappa shape index (κ3) is 3.76. The molecule has 110 valence electrons. The molecule has 0 radical (unpaired) electrons. The number of anilines is 1. The van der Waals surface area contributed by atoms with Gasteiger partial charge in [-0.25, -0.2) is 0 Å². The van der Waals surface area contributed by atoms with Crippen LogP contribution < -0.4 is 10.6 Å². The van der Waals surface area contributed by atoms with Crippen LogP contribution in [0, 0.1) is 6.92 Å². The Morgan fingerprint density at radius 3 is 2.76 bits per heavy atom. The van der Waals surface area contributed by atoms with Crippen molar-refractivity contribution in [1.29, 1.82) is 0 Å². The van der Waals surface area contributed by atoms with Gasteiger partial charge in [-0.2, -0.15) is 0 Å². The normalized spacial score (nSPS) is 10.2. The van der Waals surface area contributed by atoms with Gasteiger partial charge in [0.1, 0.15) is 11.5 Å². The van der Waals surface area contributed by atoms with E-state index in [0.29, 0.717) is 16.3 Å². The molecule has 2 amide bonds. The number of halogens is 1. The molecule has 0 spiro atoms. The molecule has 2 rings (SSSR count). The molecule has 1 aromatic heterocycles. The van der Waals surface area contributed by atoms with Gasteiger partial charge in [0, 0.05) is 5.02 Å². The maximum Gasteiger partial charge on any atom is 0.255 e. The van der Waals surface area contributed by atoms with Crippen molar-refractivity contribution in [1.82, 2.24) is 5.32 Å². The standard InChI is InChI=1S/C14H13ClN2O4/c1-8-10(4-5-21-8)14(20)16-7-13(19)17-11-6-9(15)2-3-12(11)18/h2-6,18H,7H2,1H3,(H,16,20)(H,17,19). The van der Waals surface area contributed by atoms with E-state index >= 15 is 0 Å². The number of rotatable bonds is 4. The number of hydrogen-bond acceptors (Lipinski definition) is 4. The van der Waals surface area contributed by atoms with Gasteiger partial charge in [-0.1, -0.05) is 11.6 Å². The highest BCUT2D eigenvalue weighted by Crippen LogP contribution is 2.26. The molecule has 1 aromatic carbocycles. The minimum Gasteiger partial charge on any atom is -0.506 e. The zero-order valence-corrected chi connectivity index (χ0v) is 11.9. The van der Waals surface area contributed by atoms with E-state index in [1.165, 1.54) is 30.5 Å². The Kier molecular flexibility index (Phi) is 4.49. The Morgan fingerprint density at radius 2 is 2.10 bits per heavy atom. The summed E-state index contributed by atoms with van der Waals surface area (Å²) in [5, 5.41) is 14.9. The number of phenolic OH excluding ortho intramolecular Hbond substituents is 1. The molecule has 21 heavy (non-hydrogen) atoms. The van der Waals surface area contributed by atoms with Gasteiger partial charge in [-0.05, 0) is 31.2 Å². The molecule has 6 nitrogen and oxygen atoms in total. The predicted octanol–water partition coefficient (Wildman–Crippen LogP) is 2.32. The maximum absolute atomic E-state index is 11.8. The van der Waals surface area contributed by atoms with E-state index in [1.807, 2.05) is 0 Å². The van der Waals surface area contributed by atoms with Crippen molar-refractivity contribution >= 4 is 29.1 Å². The fourth-order valence-electron chi connectivity index (χ4n) is 1.68. The van der Waals surface area contributed by atoms with Crippen molar-refractivity contribution in [3.05, 3.63) is 46.9 Å². The topological polar surface area (TPSA) is 91.6 Å². The van der Waals surface area contributed by atoms with Gasteiger partial charge in [0.25, 0.3) is 5.91 Å². The van der Waals surface area contributed by atoms with Crippen LogP contribution in [0.1, 0.15) is 16.1 Å². The number of carbonyl (C=O) groups excluding carboxylic acids is 2. The Bertz CT molecular complexity index is 681. The van der Waals surface area contributed by atoms with Crippen molar-refractivity contribution < 1.29 is 19.1 Å². The van der Waals surface area contributed by atoms with Gasteiger partial charge in [-0.15, -0.1) is 0 Å². The molecular formula is C14H13ClN2O4. The number of phenols is 1. The van der Waals surface area contributed by atoms with E-state index in [-0.39, 0.29) is 18.0 Å². The second-order valence-electron chi connectivity index (χ2n) is 4.28. The van der Waals surface area contributed by atoms with Gasteiger partial charge in [-0.3, -0.25) is 9.59 Å². The molecule has 7 heteroatoms. The molecule has 0 unspecified atom stereocenters. The Morgan fingerprint density at radius 1 is 1.33 bits per heavy atom. The molecular weight excluding hydrogens is 296 g/mol. The van der Waals surface area contributed by atoms with E-state index in [2.05, 4.69) is 10.6 Å². The number of furan rings is 1. The number of amides is 2. The Balaban J connectivity index is 1.92. The maximum atomic E-state index is 11.8. The van der Waals surface area contributed by atoms with Gasteiger partial charge in [0.05, 0.1) is 24.1 Å². The summed E-state index contributed by atoms with van der Waals surface area (Å²) in [7, 11) is 0. The smallest absolute Gasteiger partial charge is 0.255 e. The lowest BCUT2D eigenvalue weighted by molar-refractivity contribution is -0.115. The first-order valence-corrected chi connectivity index (χ1v) is 6.46. The SMILES string of the molecule is Cc1occc1C(=O)NCC(=O)Nc1cc(Cl)ccc1O. The largest absolute Gasteiger partial charge is 0.506 e. The summed E-state index contributed by atoms with van der Waals surface area (Å²) in [6, 6.07) is 5.80. The van der Waals surface area contributed by atoms with Crippen LogP contribution in [0.15, 0.2) is 34.9 Å². The molecule has 0 aliphatic heterocycles. The van der Waals surface area contributed by atoms with E-state index in [4.69, 9.17) is 16.0 Å². The van der Waals surface area contributed by atoms with Crippen molar-refractivity contribution in [3.63, 3.8) is 0 Å².